The van der Waals surface area contributed by atoms with E-state index < -0.39 is 13.2 Å². The third-order valence-corrected chi connectivity index (χ3v) is 8.77. The van der Waals surface area contributed by atoms with E-state index in [0.29, 0.717) is 6.54 Å². The van der Waals surface area contributed by atoms with Crippen molar-refractivity contribution in [2.75, 3.05) is 6.54 Å². The molecule has 2 aromatic rings. The van der Waals surface area contributed by atoms with Gasteiger partial charge in [0.15, 0.2) is 0 Å². The second-order valence-corrected chi connectivity index (χ2v) is 11.3. The van der Waals surface area contributed by atoms with Crippen LogP contribution in [0.1, 0.15) is 57.3 Å². The smallest absolute Gasteiger partial charge is 0.307 e. The number of esters is 1. The molecular formula is C24H32NO4P. The molecule has 1 unspecified atom stereocenters. The van der Waals surface area contributed by atoms with Crippen molar-refractivity contribution in [3.05, 3.63) is 71.8 Å². The Morgan fingerprint density at radius 1 is 1.13 bits per heavy atom. The van der Waals surface area contributed by atoms with Gasteiger partial charge in [0.1, 0.15) is 6.61 Å². The zero-order chi connectivity index (χ0) is 21.8. The van der Waals surface area contributed by atoms with Gasteiger partial charge in [-0.3, -0.25) is 9.36 Å². The number of rotatable bonds is 6. The Morgan fingerprint density at radius 3 is 2.33 bits per heavy atom. The first-order chi connectivity index (χ1) is 14.2. The molecule has 0 radical (unpaired) electrons. The maximum absolute atomic E-state index is 14.4. The maximum atomic E-state index is 14.4. The molecule has 0 amide bonds. The van der Waals surface area contributed by atoms with Crippen LogP contribution in [-0.2, 0) is 25.2 Å². The Hall–Kier alpha value is -1.94. The molecule has 162 valence electrons. The summed E-state index contributed by atoms with van der Waals surface area (Å²) in [5.74, 6) is -0.376. The number of benzene rings is 2. The lowest BCUT2D eigenvalue weighted by atomic mass is 10.1. The number of carbonyl (C=O) groups excluding carboxylic acids is 1. The molecule has 0 bridgehead atoms. The Balaban J connectivity index is 1.88. The Bertz CT molecular complexity index is 879. The van der Waals surface area contributed by atoms with Crippen LogP contribution in [0.25, 0.3) is 0 Å². The molecule has 1 fully saturated rings. The van der Waals surface area contributed by atoms with Gasteiger partial charge in [0.2, 0.25) is 0 Å². The van der Waals surface area contributed by atoms with Crippen LogP contribution in [0.5, 0.6) is 0 Å². The van der Waals surface area contributed by atoms with E-state index in [0.717, 1.165) is 17.5 Å². The van der Waals surface area contributed by atoms with E-state index in [-0.39, 0.29) is 30.6 Å². The number of ether oxygens (including phenoxy) is 1. The summed E-state index contributed by atoms with van der Waals surface area (Å²) in [6, 6.07) is 19.1. The summed E-state index contributed by atoms with van der Waals surface area (Å²) in [4.78, 5) is 12.8. The Morgan fingerprint density at radius 2 is 1.73 bits per heavy atom. The van der Waals surface area contributed by atoms with Gasteiger partial charge in [-0.2, -0.15) is 0 Å². The fourth-order valence-electron chi connectivity index (χ4n) is 3.86. The number of hydrogen-bond acceptors (Lipinski definition) is 4. The minimum atomic E-state index is -3.35. The number of hydrogen-bond donors (Lipinski definition) is 0. The molecule has 6 heteroatoms. The summed E-state index contributed by atoms with van der Waals surface area (Å²) in [6.45, 7) is 8.93. The largest absolute Gasteiger partial charge is 0.461 e. The lowest BCUT2D eigenvalue weighted by Gasteiger charge is -2.47. The lowest BCUT2D eigenvalue weighted by molar-refractivity contribution is -0.145. The maximum Gasteiger partial charge on any atom is 0.307 e. The summed E-state index contributed by atoms with van der Waals surface area (Å²) in [6.07, 6.45) is 0.690. The molecule has 0 aliphatic carbocycles. The number of carbonyl (C=O) groups is 1. The molecule has 0 spiro atoms. The van der Waals surface area contributed by atoms with Crippen LogP contribution in [0.2, 0.25) is 0 Å². The van der Waals surface area contributed by atoms with Crippen LogP contribution in [0, 0.1) is 0 Å². The zero-order valence-corrected chi connectivity index (χ0v) is 19.2. The van der Waals surface area contributed by atoms with Crippen molar-refractivity contribution in [2.24, 2.45) is 0 Å². The normalized spacial score (nSPS) is 23.7. The summed E-state index contributed by atoms with van der Waals surface area (Å²) in [5, 5.41) is 0. The van der Waals surface area contributed by atoms with Crippen LogP contribution >= 0.6 is 7.52 Å². The van der Waals surface area contributed by atoms with E-state index in [1.54, 1.807) is 0 Å². The molecule has 1 heterocycles. The van der Waals surface area contributed by atoms with Crippen LogP contribution < -0.4 is 0 Å². The van der Waals surface area contributed by atoms with Crippen molar-refractivity contribution in [1.29, 1.82) is 0 Å². The van der Waals surface area contributed by atoms with Gasteiger partial charge in [-0.15, -0.1) is 0 Å². The molecule has 2 aromatic carbocycles. The zero-order valence-electron chi connectivity index (χ0n) is 18.3. The lowest BCUT2D eigenvalue weighted by Crippen LogP contribution is -2.45. The molecule has 3 rings (SSSR count). The fourth-order valence-corrected chi connectivity index (χ4v) is 7.24. The predicted octanol–water partition coefficient (Wildman–Crippen LogP) is 5.96. The quantitative estimate of drug-likeness (QED) is 0.419. The molecule has 5 nitrogen and oxygen atoms in total. The summed E-state index contributed by atoms with van der Waals surface area (Å²) < 4.78 is 28.1. The van der Waals surface area contributed by atoms with Crippen molar-refractivity contribution in [3.63, 3.8) is 0 Å². The van der Waals surface area contributed by atoms with E-state index in [2.05, 4.69) is 0 Å². The van der Waals surface area contributed by atoms with Gasteiger partial charge in [0.05, 0.1) is 18.2 Å². The van der Waals surface area contributed by atoms with Crippen molar-refractivity contribution >= 4 is 13.5 Å². The second kappa shape index (κ2) is 9.47. The molecule has 3 atom stereocenters. The Labute approximate surface area is 179 Å². The summed E-state index contributed by atoms with van der Waals surface area (Å²) in [5.41, 5.74) is 0.828. The van der Waals surface area contributed by atoms with Crippen molar-refractivity contribution < 1.29 is 18.6 Å². The van der Waals surface area contributed by atoms with E-state index in [4.69, 9.17) is 9.26 Å². The highest BCUT2D eigenvalue weighted by Gasteiger charge is 2.49. The van der Waals surface area contributed by atoms with E-state index in [9.17, 15) is 9.36 Å². The highest BCUT2D eigenvalue weighted by molar-refractivity contribution is 7.57. The molecule has 1 saturated heterocycles. The molecule has 0 aromatic heterocycles. The molecular weight excluding hydrogens is 397 g/mol. The number of nitrogens with zero attached hydrogens (tertiary/aromatic N) is 1. The SMILES string of the molecule is C[C@H]1CCN(C(C)(C)C)P(=O)([C@@H](CC(=O)OCc2ccccc2)c2ccccc2)O1. The van der Waals surface area contributed by atoms with Gasteiger partial charge in [0.25, 0.3) is 7.52 Å². The average molecular weight is 429 g/mol. The molecule has 1 aliphatic rings. The molecule has 0 N–H and O–H groups in total. The van der Waals surface area contributed by atoms with Gasteiger partial charge < -0.3 is 9.26 Å². The van der Waals surface area contributed by atoms with Crippen LogP contribution in [-0.4, -0.2) is 28.8 Å². The Kier molecular flexibility index (Phi) is 7.18. The van der Waals surface area contributed by atoms with Gasteiger partial charge in [0, 0.05) is 12.1 Å². The van der Waals surface area contributed by atoms with Crippen molar-refractivity contribution in [2.45, 2.75) is 64.4 Å². The average Bonchev–Trinajstić information content (AvgIpc) is 2.70. The predicted molar refractivity (Wildman–Crippen MR) is 119 cm³/mol. The monoisotopic (exact) mass is 429 g/mol. The van der Waals surface area contributed by atoms with Gasteiger partial charge >= 0.3 is 5.97 Å². The van der Waals surface area contributed by atoms with Crippen LogP contribution in [0.3, 0.4) is 0 Å². The molecule has 30 heavy (non-hydrogen) atoms. The first kappa shape index (κ1) is 22.7. The summed E-state index contributed by atoms with van der Waals surface area (Å²) in [7, 11) is -3.35. The summed E-state index contributed by atoms with van der Waals surface area (Å²) >= 11 is 0. The first-order valence-electron chi connectivity index (χ1n) is 10.5. The van der Waals surface area contributed by atoms with Crippen LogP contribution in [0.4, 0.5) is 0 Å². The van der Waals surface area contributed by atoms with Crippen molar-refractivity contribution in [1.82, 2.24) is 4.67 Å². The first-order valence-corrected chi connectivity index (χ1v) is 12.2. The second-order valence-electron chi connectivity index (χ2n) is 8.84. The van der Waals surface area contributed by atoms with Gasteiger partial charge in [-0.25, -0.2) is 4.67 Å². The van der Waals surface area contributed by atoms with Gasteiger partial charge in [-0.05, 0) is 45.2 Å². The fraction of sp³-hybridized carbons (Fsp3) is 0.458. The van der Waals surface area contributed by atoms with Crippen LogP contribution in [0.15, 0.2) is 60.7 Å². The highest BCUT2D eigenvalue weighted by atomic mass is 31.2. The third-order valence-electron chi connectivity index (χ3n) is 5.37. The van der Waals surface area contributed by atoms with Crippen molar-refractivity contribution in [3.8, 4) is 0 Å². The minimum absolute atomic E-state index is 0.00737. The van der Waals surface area contributed by atoms with E-state index >= 15 is 0 Å². The standard InChI is InChI=1S/C24H32NO4P/c1-19-15-16-25(24(2,3)4)30(27,29-19)22(21-13-9-6-10-14-21)17-23(26)28-18-20-11-7-5-8-12-20/h5-14,19,22H,15-18H2,1-4H3/t19-,22-,30?/m0/s1. The highest BCUT2D eigenvalue weighted by Crippen LogP contribution is 2.68. The minimum Gasteiger partial charge on any atom is -0.461 e. The topological polar surface area (TPSA) is 55.8 Å². The van der Waals surface area contributed by atoms with E-state index in [1.807, 2.05) is 93.0 Å². The third kappa shape index (κ3) is 5.40. The molecule has 1 aliphatic heterocycles. The van der Waals surface area contributed by atoms with Gasteiger partial charge in [-0.1, -0.05) is 60.7 Å². The van der Waals surface area contributed by atoms with E-state index in [1.165, 1.54) is 0 Å². The molecule has 0 saturated carbocycles.